The van der Waals surface area contributed by atoms with Gasteiger partial charge in [-0.15, -0.1) is 0 Å². The molecule has 2 aromatic rings. The van der Waals surface area contributed by atoms with Crippen LogP contribution in [0.2, 0.25) is 0 Å². The fourth-order valence-electron chi connectivity index (χ4n) is 2.07. The van der Waals surface area contributed by atoms with Gasteiger partial charge in [0.25, 0.3) is 0 Å². The molecule has 20 heavy (non-hydrogen) atoms. The maximum atomic E-state index is 12.5. The van der Waals surface area contributed by atoms with Crippen molar-refractivity contribution in [2.24, 2.45) is 0 Å². The SMILES string of the molecule is FC(F)(F)CN(CCBr)Cc1ccc2ncccc2c1. The van der Waals surface area contributed by atoms with Crippen LogP contribution in [0.25, 0.3) is 10.9 Å². The molecule has 2 rings (SSSR count). The topological polar surface area (TPSA) is 16.1 Å². The molecule has 0 aliphatic carbocycles. The molecule has 0 saturated heterocycles. The lowest BCUT2D eigenvalue weighted by atomic mass is 10.1. The van der Waals surface area contributed by atoms with Gasteiger partial charge in [-0.05, 0) is 23.8 Å². The minimum atomic E-state index is -4.18. The highest BCUT2D eigenvalue weighted by molar-refractivity contribution is 9.09. The number of benzene rings is 1. The number of alkyl halides is 4. The largest absolute Gasteiger partial charge is 0.401 e. The van der Waals surface area contributed by atoms with E-state index in [1.807, 2.05) is 30.3 Å². The van der Waals surface area contributed by atoms with E-state index in [0.29, 0.717) is 11.9 Å². The fraction of sp³-hybridized carbons (Fsp3) is 0.357. The van der Waals surface area contributed by atoms with Crippen LogP contribution in [0.15, 0.2) is 36.5 Å². The van der Waals surface area contributed by atoms with Crippen LogP contribution in [0, 0.1) is 0 Å². The molecule has 1 aromatic heterocycles. The summed E-state index contributed by atoms with van der Waals surface area (Å²) in [7, 11) is 0. The van der Waals surface area contributed by atoms with Gasteiger partial charge in [0.15, 0.2) is 0 Å². The van der Waals surface area contributed by atoms with Crippen molar-refractivity contribution in [3.8, 4) is 0 Å². The van der Waals surface area contributed by atoms with E-state index in [2.05, 4.69) is 20.9 Å². The van der Waals surface area contributed by atoms with Crippen molar-refractivity contribution in [1.82, 2.24) is 9.88 Å². The number of rotatable bonds is 5. The first kappa shape index (κ1) is 15.3. The molecule has 2 nitrogen and oxygen atoms in total. The van der Waals surface area contributed by atoms with Crippen LogP contribution < -0.4 is 0 Å². The Balaban J connectivity index is 2.15. The zero-order chi connectivity index (χ0) is 14.6. The quantitative estimate of drug-likeness (QED) is 0.761. The third kappa shape index (κ3) is 4.45. The number of hydrogen-bond acceptors (Lipinski definition) is 2. The molecule has 1 aromatic carbocycles. The zero-order valence-corrected chi connectivity index (χ0v) is 12.3. The Labute approximate surface area is 123 Å². The maximum Gasteiger partial charge on any atom is 0.401 e. The first-order valence-corrected chi connectivity index (χ1v) is 7.29. The lowest BCUT2D eigenvalue weighted by Gasteiger charge is -2.22. The molecule has 0 N–H and O–H groups in total. The fourth-order valence-corrected chi connectivity index (χ4v) is 2.57. The predicted molar refractivity (Wildman–Crippen MR) is 76.9 cm³/mol. The van der Waals surface area contributed by atoms with Crippen molar-refractivity contribution in [3.63, 3.8) is 0 Å². The maximum absolute atomic E-state index is 12.5. The lowest BCUT2D eigenvalue weighted by Crippen LogP contribution is -2.35. The second-order valence-corrected chi connectivity index (χ2v) is 5.34. The summed E-state index contributed by atoms with van der Waals surface area (Å²) in [6.45, 7) is -0.274. The molecule has 108 valence electrons. The summed E-state index contributed by atoms with van der Waals surface area (Å²) in [4.78, 5) is 5.58. The molecule has 0 radical (unpaired) electrons. The Bertz CT molecular complexity index is 572. The zero-order valence-electron chi connectivity index (χ0n) is 10.7. The number of nitrogens with zero attached hydrogens (tertiary/aromatic N) is 2. The van der Waals surface area contributed by atoms with Crippen LogP contribution in [-0.2, 0) is 6.54 Å². The van der Waals surface area contributed by atoms with Crippen LogP contribution >= 0.6 is 15.9 Å². The molecule has 6 heteroatoms. The molecule has 1 heterocycles. The molecule has 0 atom stereocenters. The molecule has 0 saturated carbocycles. The van der Waals surface area contributed by atoms with Crippen molar-refractivity contribution in [2.45, 2.75) is 12.7 Å². The molecule has 0 amide bonds. The van der Waals surface area contributed by atoms with E-state index in [1.165, 1.54) is 4.90 Å². The minimum Gasteiger partial charge on any atom is -0.290 e. The molecule has 0 aliphatic rings. The second-order valence-electron chi connectivity index (χ2n) is 4.55. The van der Waals surface area contributed by atoms with Crippen LogP contribution in [0.5, 0.6) is 0 Å². The van der Waals surface area contributed by atoms with Crippen molar-refractivity contribution < 1.29 is 13.2 Å². The van der Waals surface area contributed by atoms with E-state index in [1.54, 1.807) is 6.20 Å². The Morgan fingerprint density at radius 3 is 2.70 bits per heavy atom. The molecule has 0 aliphatic heterocycles. The molecular weight excluding hydrogens is 333 g/mol. The van der Waals surface area contributed by atoms with Gasteiger partial charge in [-0.1, -0.05) is 28.1 Å². The number of halogens is 4. The Morgan fingerprint density at radius 1 is 1.20 bits per heavy atom. The van der Waals surface area contributed by atoms with Gasteiger partial charge in [0.2, 0.25) is 0 Å². The van der Waals surface area contributed by atoms with Gasteiger partial charge in [0, 0.05) is 30.0 Å². The van der Waals surface area contributed by atoms with Crippen LogP contribution in [0.1, 0.15) is 5.56 Å². The standard InChI is InChI=1S/C14H14BrF3N2/c15-5-7-20(10-14(16,17)18)9-11-3-4-13-12(8-11)2-1-6-19-13/h1-4,6,8H,5,7,9-10H2. The van der Waals surface area contributed by atoms with Gasteiger partial charge in [-0.2, -0.15) is 13.2 Å². The van der Waals surface area contributed by atoms with E-state index in [4.69, 9.17) is 0 Å². The van der Waals surface area contributed by atoms with Crippen LogP contribution in [0.3, 0.4) is 0 Å². The highest BCUT2D eigenvalue weighted by Crippen LogP contribution is 2.20. The van der Waals surface area contributed by atoms with Gasteiger partial charge in [-0.3, -0.25) is 9.88 Å². The molecule has 0 fully saturated rings. The van der Waals surface area contributed by atoms with E-state index in [9.17, 15) is 13.2 Å². The van der Waals surface area contributed by atoms with E-state index >= 15 is 0 Å². The molecular formula is C14H14BrF3N2. The predicted octanol–water partition coefficient (Wildman–Crippen LogP) is 3.99. The van der Waals surface area contributed by atoms with Crippen molar-refractivity contribution in [1.29, 1.82) is 0 Å². The normalized spacial score (nSPS) is 12.2. The monoisotopic (exact) mass is 346 g/mol. The summed E-state index contributed by atoms with van der Waals surface area (Å²) >= 11 is 3.19. The highest BCUT2D eigenvalue weighted by Gasteiger charge is 2.30. The Kier molecular flexibility index (Phi) is 4.99. The number of fused-ring (bicyclic) bond motifs is 1. The second kappa shape index (κ2) is 6.54. The summed E-state index contributed by atoms with van der Waals surface area (Å²) in [5, 5.41) is 1.45. The summed E-state index contributed by atoms with van der Waals surface area (Å²) in [5.74, 6) is 0. The first-order chi connectivity index (χ1) is 9.48. The molecule has 0 unspecified atom stereocenters. The summed E-state index contributed by atoms with van der Waals surface area (Å²) in [6.07, 6.45) is -2.48. The smallest absolute Gasteiger partial charge is 0.290 e. The third-order valence-electron chi connectivity index (χ3n) is 2.88. The number of aromatic nitrogens is 1. The van der Waals surface area contributed by atoms with E-state index < -0.39 is 12.7 Å². The first-order valence-electron chi connectivity index (χ1n) is 6.17. The van der Waals surface area contributed by atoms with E-state index in [0.717, 1.165) is 16.5 Å². The van der Waals surface area contributed by atoms with Crippen molar-refractivity contribution in [3.05, 3.63) is 42.1 Å². The minimum absolute atomic E-state index is 0.274. The van der Waals surface area contributed by atoms with Crippen LogP contribution in [-0.4, -0.2) is 34.5 Å². The van der Waals surface area contributed by atoms with Crippen molar-refractivity contribution >= 4 is 26.8 Å². The highest BCUT2D eigenvalue weighted by atomic mass is 79.9. The van der Waals surface area contributed by atoms with Gasteiger partial charge >= 0.3 is 6.18 Å². The number of hydrogen-bond donors (Lipinski definition) is 0. The van der Waals surface area contributed by atoms with Gasteiger partial charge < -0.3 is 0 Å². The summed E-state index contributed by atoms with van der Waals surface area (Å²) < 4.78 is 37.6. The van der Waals surface area contributed by atoms with Gasteiger partial charge in [-0.25, -0.2) is 0 Å². The Hall–Kier alpha value is -1.14. The average molecular weight is 347 g/mol. The van der Waals surface area contributed by atoms with Gasteiger partial charge in [0.1, 0.15) is 0 Å². The molecule has 0 spiro atoms. The van der Waals surface area contributed by atoms with Gasteiger partial charge in [0.05, 0.1) is 12.1 Å². The summed E-state index contributed by atoms with van der Waals surface area (Å²) in [5.41, 5.74) is 1.70. The van der Waals surface area contributed by atoms with E-state index in [-0.39, 0.29) is 6.54 Å². The third-order valence-corrected chi connectivity index (χ3v) is 3.23. The Morgan fingerprint density at radius 2 is 2.00 bits per heavy atom. The van der Waals surface area contributed by atoms with Crippen LogP contribution in [0.4, 0.5) is 13.2 Å². The lowest BCUT2D eigenvalue weighted by molar-refractivity contribution is -0.146. The summed E-state index contributed by atoms with van der Waals surface area (Å²) in [6, 6.07) is 9.28. The number of pyridine rings is 1. The molecule has 0 bridgehead atoms. The average Bonchev–Trinajstić information content (AvgIpc) is 2.37. The van der Waals surface area contributed by atoms with Crippen molar-refractivity contribution in [2.75, 3.05) is 18.4 Å².